The Morgan fingerprint density at radius 3 is 2.79 bits per heavy atom. The predicted molar refractivity (Wildman–Crippen MR) is 75.1 cm³/mol. The number of para-hydroxylation sites is 1. The molecule has 1 saturated heterocycles. The van der Waals surface area contributed by atoms with Crippen LogP contribution in [0.1, 0.15) is 11.1 Å². The van der Waals surface area contributed by atoms with Crippen molar-refractivity contribution in [1.82, 2.24) is 4.90 Å². The van der Waals surface area contributed by atoms with Gasteiger partial charge in [0.25, 0.3) is 0 Å². The summed E-state index contributed by atoms with van der Waals surface area (Å²) in [4.78, 5) is 14.0. The number of carbonyl (C=O) groups is 1. The van der Waals surface area contributed by atoms with Gasteiger partial charge in [0, 0.05) is 12.2 Å². The van der Waals surface area contributed by atoms with Gasteiger partial charge in [0.2, 0.25) is 0 Å². The van der Waals surface area contributed by atoms with Crippen molar-refractivity contribution in [3.8, 4) is 12.3 Å². The molecule has 0 spiro atoms. The van der Waals surface area contributed by atoms with Crippen LogP contribution >= 0.6 is 0 Å². The Hall–Kier alpha value is -1.99. The number of ether oxygens (including phenoxy) is 1. The number of benzene rings is 1. The number of hydrogen-bond donors (Lipinski definition) is 1. The molecule has 1 aromatic carbocycles. The highest BCUT2D eigenvalue weighted by Crippen LogP contribution is 2.20. The number of nitrogens with zero attached hydrogens (tertiary/aromatic N) is 1. The minimum Gasteiger partial charge on any atom is -0.376 e. The van der Waals surface area contributed by atoms with Crippen LogP contribution in [-0.2, 0) is 4.74 Å². The van der Waals surface area contributed by atoms with Crippen molar-refractivity contribution in [3.63, 3.8) is 0 Å². The molecule has 0 saturated carbocycles. The van der Waals surface area contributed by atoms with Gasteiger partial charge in [-0.15, -0.1) is 6.42 Å². The minimum atomic E-state index is -0.293. The van der Waals surface area contributed by atoms with Crippen molar-refractivity contribution < 1.29 is 9.53 Å². The summed E-state index contributed by atoms with van der Waals surface area (Å²) in [6.45, 7) is 5.39. The number of carbonyl (C=O) groups excluding carboxylic acids is 1. The molecule has 1 aliphatic heterocycles. The predicted octanol–water partition coefficient (Wildman–Crippen LogP) is 2.17. The van der Waals surface area contributed by atoms with Crippen LogP contribution in [0.4, 0.5) is 10.5 Å². The van der Waals surface area contributed by atoms with E-state index in [0.717, 1.165) is 16.8 Å². The smallest absolute Gasteiger partial charge is 0.323 e. The van der Waals surface area contributed by atoms with Crippen molar-refractivity contribution in [2.24, 2.45) is 0 Å². The van der Waals surface area contributed by atoms with E-state index < -0.39 is 0 Å². The van der Waals surface area contributed by atoms with E-state index in [1.165, 1.54) is 0 Å². The van der Waals surface area contributed by atoms with E-state index in [1.807, 2.05) is 32.0 Å². The first-order chi connectivity index (χ1) is 9.13. The van der Waals surface area contributed by atoms with Crippen LogP contribution in [0, 0.1) is 26.2 Å². The third kappa shape index (κ3) is 2.88. The summed E-state index contributed by atoms with van der Waals surface area (Å²) >= 11 is 0. The fraction of sp³-hybridized carbons (Fsp3) is 0.400. The summed E-state index contributed by atoms with van der Waals surface area (Å²) < 4.78 is 5.29. The third-order valence-electron chi connectivity index (χ3n) is 3.29. The number of morpholine rings is 1. The molecule has 2 rings (SSSR count). The maximum absolute atomic E-state index is 12.3. The van der Waals surface area contributed by atoms with Crippen LogP contribution < -0.4 is 5.32 Å². The maximum Gasteiger partial charge on any atom is 0.323 e. The van der Waals surface area contributed by atoms with Crippen LogP contribution in [0.25, 0.3) is 0 Å². The Kier molecular flexibility index (Phi) is 4.08. The average Bonchev–Trinajstić information content (AvgIpc) is 2.42. The SMILES string of the molecule is C#C[C@H]1COCCN1C(=O)Nc1c(C)cccc1C. The van der Waals surface area contributed by atoms with Gasteiger partial charge in [0.15, 0.2) is 0 Å². The van der Waals surface area contributed by atoms with Gasteiger partial charge in [-0.05, 0) is 25.0 Å². The van der Waals surface area contributed by atoms with Gasteiger partial charge < -0.3 is 15.0 Å². The average molecular weight is 258 g/mol. The lowest BCUT2D eigenvalue weighted by Crippen LogP contribution is -2.49. The molecule has 0 aromatic heterocycles. The van der Waals surface area contributed by atoms with Gasteiger partial charge in [0.05, 0.1) is 13.2 Å². The summed E-state index contributed by atoms with van der Waals surface area (Å²) in [6, 6.07) is 5.46. The number of aryl methyl sites for hydroxylation is 2. The second-order valence-corrected chi connectivity index (χ2v) is 4.65. The molecule has 0 unspecified atom stereocenters. The summed E-state index contributed by atoms with van der Waals surface area (Å²) in [5.41, 5.74) is 2.94. The standard InChI is InChI=1S/C15H18N2O2/c1-4-13-10-19-9-8-17(13)15(18)16-14-11(2)6-5-7-12(14)3/h1,5-7,13H,8-10H2,2-3H3,(H,16,18)/t13-/m0/s1. The van der Waals surface area contributed by atoms with Crippen LogP contribution in [0.15, 0.2) is 18.2 Å². The zero-order chi connectivity index (χ0) is 13.8. The third-order valence-corrected chi connectivity index (χ3v) is 3.29. The molecule has 100 valence electrons. The number of hydrogen-bond acceptors (Lipinski definition) is 2. The molecule has 1 heterocycles. The van der Waals surface area contributed by atoms with E-state index in [4.69, 9.17) is 11.2 Å². The number of nitrogens with one attached hydrogen (secondary N) is 1. The highest BCUT2D eigenvalue weighted by Gasteiger charge is 2.26. The fourth-order valence-corrected chi connectivity index (χ4v) is 2.18. The Labute approximate surface area is 113 Å². The number of urea groups is 1. The van der Waals surface area contributed by atoms with Crippen molar-refractivity contribution in [2.75, 3.05) is 25.1 Å². The first-order valence-corrected chi connectivity index (χ1v) is 6.31. The van der Waals surface area contributed by atoms with Gasteiger partial charge in [-0.1, -0.05) is 24.1 Å². The molecule has 2 amide bonds. The van der Waals surface area contributed by atoms with Gasteiger partial charge in [-0.3, -0.25) is 0 Å². The first-order valence-electron chi connectivity index (χ1n) is 6.31. The molecule has 1 aliphatic rings. The molecule has 19 heavy (non-hydrogen) atoms. The summed E-state index contributed by atoms with van der Waals surface area (Å²) in [7, 11) is 0. The van der Waals surface area contributed by atoms with Crippen LogP contribution in [0.3, 0.4) is 0 Å². The number of rotatable bonds is 1. The Morgan fingerprint density at radius 2 is 2.16 bits per heavy atom. The highest BCUT2D eigenvalue weighted by atomic mass is 16.5. The summed E-state index contributed by atoms with van der Waals surface area (Å²) in [5.74, 6) is 2.59. The lowest BCUT2D eigenvalue weighted by atomic mass is 10.1. The first kappa shape index (κ1) is 13.4. The molecule has 1 atom stereocenters. The molecule has 1 fully saturated rings. The molecule has 0 radical (unpaired) electrons. The molecule has 4 nitrogen and oxygen atoms in total. The molecular formula is C15H18N2O2. The lowest BCUT2D eigenvalue weighted by molar-refractivity contribution is 0.0348. The van der Waals surface area contributed by atoms with E-state index in [2.05, 4.69) is 11.2 Å². The number of terminal acetylenes is 1. The van der Waals surface area contributed by atoms with Crippen molar-refractivity contribution >= 4 is 11.7 Å². The van der Waals surface area contributed by atoms with Crippen LogP contribution in [0.5, 0.6) is 0 Å². The quantitative estimate of drug-likeness (QED) is 0.784. The van der Waals surface area contributed by atoms with E-state index in [0.29, 0.717) is 19.8 Å². The molecule has 4 heteroatoms. The normalized spacial score (nSPS) is 18.8. The van der Waals surface area contributed by atoms with E-state index in [9.17, 15) is 4.79 Å². The molecule has 0 bridgehead atoms. The summed E-state index contributed by atoms with van der Waals surface area (Å²) in [5, 5.41) is 2.95. The van der Waals surface area contributed by atoms with Crippen LogP contribution in [-0.4, -0.2) is 36.7 Å². The molecule has 0 aliphatic carbocycles. The van der Waals surface area contributed by atoms with Crippen LogP contribution in [0.2, 0.25) is 0 Å². The maximum atomic E-state index is 12.3. The van der Waals surface area contributed by atoms with Gasteiger partial charge >= 0.3 is 6.03 Å². The molecule has 1 aromatic rings. The largest absolute Gasteiger partial charge is 0.376 e. The fourth-order valence-electron chi connectivity index (χ4n) is 2.18. The molecular weight excluding hydrogens is 240 g/mol. The number of amides is 2. The minimum absolute atomic E-state index is 0.163. The van der Waals surface area contributed by atoms with Gasteiger partial charge in [-0.2, -0.15) is 0 Å². The van der Waals surface area contributed by atoms with Crippen molar-refractivity contribution in [3.05, 3.63) is 29.3 Å². The monoisotopic (exact) mass is 258 g/mol. The second kappa shape index (κ2) is 5.77. The zero-order valence-corrected chi connectivity index (χ0v) is 11.3. The topological polar surface area (TPSA) is 41.6 Å². The van der Waals surface area contributed by atoms with E-state index >= 15 is 0 Å². The van der Waals surface area contributed by atoms with Gasteiger partial charge in [-0.25, -0.2) is 4.79 Å². The van der Waals surface area contributed by atoms with E-state index in [1.54, 1.807) is 4.90 Å². The summed E-state index contributed by atoms with van der Waals surface area (Å²) in [6.07, 6.45) is 5.43. The second-order valence-electron chi connectivity index (χ2n) is 4.65. The van der Waals surface area contributed by atoms with Gasteiger partial charge in [0.1, 0.15) is 6.04 Å². The highest BCUT2D eigenvalue weighted by molar-refractivity contribution is 5.91. The Balaban J connectivity index is 2.14. The van der Waals surface area contributed by atoms with Crippen molar-refractivity contribution in [2.45, 2.75) is 19.9 Å². The lowest BCUT2D eigenvalue weighted by Gasteiger charge is -2.32. The Morgan fingerprint density at radius 1 is 1.47 bits per heavy atom. The zero-order valence-electron chi connectivity index (χ0n) is 11.3. The van der Waals surface area contributed by atoms with E-state index in [-0.39, 0.29) is 12.1 Å². The molecule has 1 N–H and O–H groups in total. The Bertz CT molecular complexity index is 499. The van der Waals surface area contributed by atoms with Crippen molar-refractivity contribution in [1.29, 1.82) is 0 Å². The number of anilines is 1.